The van der Waals surface area contributed by atoms with Crippen LogP contribution in [0, 0.1) is 0 Å². The zero-order valence-electron chi connectivity index (χ0n) is 20.0. The van der Waals surface area contributed by atoms with Crippen LogP contribution in [-0.2, 0) is 13.6 Å². The maximum Gasteiger partial charge on any atom is 0.330 e. The van der Waals surface area contributed by atoms with Gasteiger partial charge in [0.05, 0.1) is 13.2 Å². The maximum atomic E-state index is 13.9. The van der Waals surface area contributed by atoms with E-state index >= 15 is 0 Å². The highest BCUT2D eigenvalue weighted by Crippen LogP contribution is 2.25. The monoisotopic (exact) mass is 476 g/mol. The minimum atomic E-state index is -1.87. The summed E-state index contributed by atoms with van der Waals surface area (Å²) in [7, 11) is -3.75. The van der Waals surface area contributed by atoms with Gasteiger partial charge in [-0.2, -0.15) is 0 Å². The topological polar surface area (TPSA) is 82.6 Å². The number of aromatic amines is 1. The van der Waals surface area contributed by atoms with Crippen LogP contribution in [0.5, 0.6) is 0 Å². The first-order chi connectivity index (χ1) is 14.8. The summed E-state index contributed by atoms with van der Waals surface area (Å²) in [6, 6.07) is 7.16. The number of hydrogen-bond donors (Lipinski definition) is 1. The van der Waals surface area contributed by atoms with Crippen molar-refractivity contribution in [1.29, 1.82) is 0 Å². The lowest BCUT2D eigenvalue weighted by molar-refractivity contribution is -0.0987. The Balaban J connectivity index is 3.09. The second-order valence-electron chi connectivity index (χ2n) is 7.99. The van der Waals surface area contributed by atoms with Crippen molar-refractivity contribution in [2.75, 3.05) is 19.9 Å². The molecule has 0 unspecified atom stereocenters. The lowest BCUT2D eigenvalue weighted by Gasteiger charge is -2.34. The van der Waals surface area contributed by atoms with Gasteiger partial charge in [0.25, 0.3) is 5.56 Å². The molecular formula is C21H41FN2O5Si2. The zero-order chi connectivity index (χ0) is 23.5. The van der Waals surface area contributed by atoms with Crippen LogP contribution in [0.4, 0.5) is 4.39 Å². The van der Waals surface area contributed by atoms with Gasteiger partial charge >= 0.3 is 5.69 Å². The first-order valence-corrected chi connectivity index (χ1v) is 16.6. The summed E-state index contributed by atoms with van der Waals surface area (Å²) >= 11 is 0. The average molecular weight is 477 g/mol. The maximum absolute atomic E-state index is 13.9. The molecule has 1 aromatic rings. The van der Waals surface area contributed by atoms with Crippen molar-refractivity contribution < 1.29 is 18.0 Å². The second kappa shape index (κ2) is 13.5. The molecule has 180 valence electrons. The Morgan fingerprint density at radius 2 is 1.35 bits per heavy atom. The van der Waals surface area contributed by atoms with E-state index in [-0.39, 0.29) is 0 Å². The van der Waals surface area contributed by atoms with Gasteiger partial charge in [0, 0.05) is 12.3 Å². The summed E-state index contributed by atoms with van der Waals surface area (Å²) in [5.41, 5.74) is -1.23. The van der Waals surface area contributed by atoms with Gasteiger partial charge < -0.3 is 13.6 Å². The van der Waals surface area contributed by atoms with Crippen LogP contribution in [0.15, 0.2) is 21.9 Å². The summed E-state index contributed by atoms with van der Waals surface area (Å²) in [5.74, 6) is 0. The number of alkyl halides is 1. The molecule has 0 bridgehead atoms. The van der Waals surface area contributed by atoms with Gasteiger partial charge in [-0.15, -0.1) is 0 Å². The van der Waals surface area contributed by atoms with Gasteiger partial charge in [0.2, 0.25) is 0 Å². The smallest absolute Gasteiger partial charge is 0.330 e. The molecule has 0 spiro atoms. The number of nitrogens with zero attached hydrogens (tertiary/aromatic N) is 1. The summed E-state index contributed by atoms with van der Waals surface area (Å²) in [5, 5.41) is 0. The van der Waals surface area contributed by atoms with Crippen molar-refractivity contribution in [3.63, 3.8) is 0 Å². The third-order valence-electron chi connectivity index (χ3n) is 6.66. The Labute approximate surface area is 187 Å². The number of hydrogen-bond acceptors (Lipinski definition) is 5. The lowest BCUT2D eigenvalue weighted by atomic mass is 10.4. The van der Waals surface area contributed by atoms with Crippen LogP contribution in [0.3, 0.4) is 0 Å². The predicted octanol–water partition coefficient (Wildman–Crippen LogP) is 4.43. The fraction of sp³-hybridized carbons (Fsp3) is 0.810. The highest BCUT2D eigenvalue weighted by Gasteiger charge is 2.33. The summed E-state index contributed by atoms with van der Waals surface area (Å²) in [6.45, 7) is 12.6. The first-order valence-electron chi connectivity index (χ1n) is 11.6. The quantitative estimate of drug-likeness (QED) is 0.357. The van der Waals surface area contributed by atoms with Crippen molar-refractivity contribution in [2.24, 2.45) is 0 Å². The Hall–Kier alpha value is -1.08. The fourth-order valence-corrected chi connectivity index (χ4v) is 9.13. The normalized spacial score (nSPS) is 13.7. The van der Waals surface area contributed by atoms with Crippen LogP contribution < -0.4 is 11.2 Å². The number of H-pyrrole nitrogens is 1. The van der Waals surface area contributed by atoms with Crippen molar-refractivity contribution >= 4 is 16.6 Å². The number of nitrogens with one attached hydrogen (secondary N) is 1. The highest BCUT2D eigenvalue weighted by atomic mass is 28.4. The molecule has 0 saturated heterocycles. The SMILES string of the molecule is CC[Si](CC)(CC)OCC(CO[Si](CC)(CC)CC)O[C@H](CF)n1ccc(=O)[nH]c1=O. The van der Waals surface area contributed by atoms with Crippen LogP contribution in [0.1, 0.15) is 47.8 Å². The standard InChI is InChI=1S/C21H41FN2O5Si2/c1-7-30(8-2,9-3)27-16-18(17-28-31(10-4,11-5)12-6)29-20(15-22)24-14-13-19(25)23-21(24)26/h13-14,18,20H,7-12,15-17H2,1-6H3,(H,23,25,26)/t20-/m1/s1. The summed E-state index contributed by atoms with van der Waals surface area (Å²) in [4.78, 5) is 25.7. The van der Waals surface area contributed by atoms with E-state index in [0.717, 1.165) is 40.8 Å². The van der Waals surface area contributed by atoms with E-state index in [9.17, 15) is 14.0 Å². The lowest BCUT2D eigenvalue weighted by Crippen LogP contribution is -2.44. The number of ether oxygens (including phenoxy) is 1. The average Bonchev–Trinajstić information content (AvgIpc) is 2.79. The molecule has 1 aromatic heterocycles. The van der Waals surface area contributed by atoms with Crippen LogP contribution in [0.2, 0.25) is 36.3 Å². The molecule has 7 nitrogen and oxygen atoms in total. The molecule has 0 radical (unpaired) electrons. The zero-order valence-corrected chi connectivity index (χ0v) is 22.0. The second-order valence-corrected chi connectivity index (χ2v) is 17.5. The molecule has 0 fully saturated rings. The largest absolute Gasteiger partial charge is 0.414 e. The third-order valence-corrected chi connectivity index (χ3v) is 15.9. The van der Waals surface area contributed by atoms with E-state index in [4.69, 9.17) is 13.6 Å². The Kier molecular flexibility index (Phi) is 12.1. The van der Waals surface area contributed by atoms with E-state index in [2.05, 4.69) is 46.5 Å². The van der Waals surface area contributed by atoms with Crippen LogP contribution in [0.25, 0.3) is 0 Å². The van der Waals surface area contributed by atoms with Gasteiger partial charge in [0.1, 0.15) is 12.8 Å². The minimum absolute atomic E-state index is 0.304. The molecular weight excluding hydrogens is 435 g/mol. The first kappa shape index (κ1) is 28.0. The molecule has 1 heterocycles. The number of rotatable bonds is 16. The predicted molar refractivity (Wildman–Crippen MR) is 128 cm³/mol. The van der Waals surface area contributed by atoms with Gasteiger partial charge in [-0.1, -0.05) is 41.5 Å². The minimum Gasteiger partial charge on any atom is -0.414 e. The Morgan fingerprint density at radius 1 is 0.903 bits per heavy atom. The number of aromatic nitrogens is 2. The third kappa shape index (κ3) is 7.78. The summed E-state index contributed by atoms with van der Waals surface area (Å²) in [6.07, 6.45) is -0.396. The van der Waals surface area contributed by atoms with Gasteiger partial charge in [-0.3, -0.25) is 14.3 Å². The molecule has 1 N–H and O–H groups in total. The number of halogens is 1. The molecule has 0 saturated carbocycles. The highest BCUT2D eigenvalue weighted by molar-refractivity contribution is 6.74. The summed E-state index contributed by atoms with van der Waals surface area (Å²) < 4.78 is 33.8. The van der Waals surface area contributed by atoms with E-state index in [0.29, 0.717) is 13.2 Å². The van der Waals surface area contributed by atoms with Crippen LogP contribution in [-0.4, -0.2) is 52.2 Å². The molecule has 0 aromatic carbocycles. The molecule has 1 atom stereocenters. The van der Waals surface area contributed by atoms with Gasteiger partial charge in [-0.25, -0.2) is 9.18 Å². The molecule has 0 aliphatic carbocycles. The molecule has 0 aliphatic rings. The Morgan fingerprint density at radius 3 is 1.71 bits per heavy atom. The fourth-order valence-electron chi connectivity index (χ4n) is 3.83. The molecule has 10 heteroatoms. The molecule has 1 rings (SSSR count). The van der Waals surface area contributed by atoms with Crippen molar-refractivity contribution in [1.82, 2.24) is 9.55 Å². The van der Waals surface area contributed by atoms with Crippen molar-refractivity contribution in [2.45, 2.75) is 90.1 Å². The van der Waals surface area contributed by atoms with Crippen molar-refractivity contribution in [3.8, 4) is 0 Å². The Bertz CT molecular complexity index is 709. The van der Waals surface area contributed by atoms with E-state index < -0.39 is 46.9 Å². The van der Waals surface area contributed by atoms with E-state index in [1.165, 1.54) is 12.3 Å². The molecule has 0 aliphatic heterocycles. The van der Waals surface area contributed by atoms with Crippen LogP contribution >= 0.6 is 0 Å². The molecule has 0 amide bonds. The van der Waals surface area contributed by atoms with E-state index in [1.54, 1.807) is 0 Å². The van der Waals surface area contributed by atoms with Gasteiger partial charge in [-0.05, 0) is 36.3 Å². The molecule has 31 heavy (non-hydrogen) atoms. The van der Waals surface area contributed by atoms with Gasteiger partial charge in [0.15, 0.2) is 22.9 Å². The van der Waals surface area contributed by atoms with Crippen molar-refractivity contribution in [3.05, 3.63) is 33.1 Å². The van der Waals surface area contributed by atoms with E-state index in [1.807, 2.05) is 0 Å².